The molecule has 1 aromatic heterocycles. The van der Waals surface area contributed by atoms with E-state index in [-0.39, 0.29) is 17.7 Å². The van der Waals surface area contributed by atoms with E-state index in [2.05, 4.69) is 10.3 Å². The molecule has 0 unspecified atom stereocenters. The quantitative estimate of drug-likeness (QED) is 0.762. The summed E-state index contributed by atoms with van der Waals surface area (Å²) in [7, 11) is 0. The van der Waals surface area contributed by atoms with Crippen molar-refractivity contribution in [2.24, 2.45) is 0 Å². The number of hydrogen-bond donors (Lipinski definition) is 1. The molecule has 0 spiro atoms. The van der Waals surface area contributed by atoms with Crippen LogP contribution in [0.1, 0.15) is 38.0 Å². The lowest BCUT2D eigenvalue weighted by molar-refractivity contribution is -0.141. The van der Waals surface area contributed by atoms with Crippen molar-refractivity contribution in [1.82, 2.24) is 14.9 Å². The number of aromatic nitrogens is 2. The summed E-state index contributed by atoms with van der Waals surface area (Å²) in [6.07, 6.45) is -4.38. The number of hydrogen-bond acceptors (Lipinski definition) is 2. The van der Waals surface area contributed by atoms with Crippen molar-refractivity contribution in [2.75, 3.05) is 6.54 Å². The Labute approximate surface area is 98.0 Å². The SMILES string of the molecule is CC(C)(C)c1nc(C(F)(F)F)c2n1CCNC2. The van der Waals surface area contributed by atoms with Crippen LogP contribution in [0.4, 0.5) is 13.2 Å². The van der Waals surface area contributed by atoms with Crippen LogP contribution in [0.25, 0.3) is 0 Å². The highest BCUT2D eigenvalue weighted by Crippen LogP contribution is 2.35. The number of alkyl halides is 3. The minimum atomic E-state index is -4.38. The second kappa shape index (κ2) is 3.73. The third-order valence-electron chi connectivity index (χ3n) is 2.82. The van der Waals surface area contributed by atoms with Crippen molar-refractivity contribution in [3.63, 3.8) is 0 Å². The van der Waals surface area contributed by atoms with E-state index in [1.165, 1.54) is 0 Å². The lowest BCUT2D eigenvalue weighted by atomic mass is 9.95. The highest BCUT2D eigenvalue weighted by Gasteiger charge is 2.40. The number of nitrogens with one attached hydrogen (secondary N) is 1. The molecule has 0 atom stereocenters. The van der Waals surface area contributed by atoms with Crippen molar-refractivity contribution < 1.29 is 13.2 Å². The maximum absolute atomic E-state index is 12.9. The van der Waals surface area contributed by atoms with Gasteiger partial charge in [-0.1, -0.05) is 20.8 Å². The van der Waals surface area contributed by atoms with Gasteiger partial charge in [-0.2, -0.15) is 13.2 Å². The smallest absolute Gasteiger partial charge is 0.329 e. The Morgan fingerprint density at radius 2 is 1.88 bits per heavy atom. The average molecular weight is 247 g/mol. The van der Waals surface area contributed by atoms with E-state index in [1.807, 2.05) is 20.8 Å². The molecule has 0 aromatic carbocycles. The molecule has 6 heteroatoms. The molecule has 1 aliphatic rings. The molecule has 1 aliphatic heterocycles. The first kappa shape index (κ1) is 12.4. The van der Waals surface area contributed by atoms with Crippen LogP contribution < -0.4 is 5.32 Å². The van der Waals surface area contributed by atoms with Crippen LogP contribution in [0.3, 0.4) is 0 Å². The second-order valence-corrected chi connectivity index (χ2v) is 5.31. The summed E-state index contributed by atoms with van der Waals surface area (Å²) in [6, 6.07) is 0. The van der Waals surface area contributed by atoms with E-state index in [0.717, 1.165) is 0 Å². The molecule has 3 nitrogen and oxygen atoms in total. The lowest BCUT2D eigenvalue weighted by Gasteiger charge is -2.24. The zero-order valence-corrected chi connectivity index (χ0v) is 10.1. The summed E-state index contributed by atoms with van der Waals surface area (Å²) in [5.74, 6) is 0.515. The summed E-state index contributed by atoms with van der Waals surface area (Å²) in [4.78, 5) is 3.83. The van der Waals surface area contributed by atoms with Crippen molar-refractivity contribution >= 4 is 0 Å². The van der Waals surface area contributed by atoms with E-state index in [0.29, 0.717) is 18.9 Å². The third-order valence-corrected chi connectivity index (χ3v) is 2.82. The van der Waals surface area contributed by atoms with Gasteiger partial charge in [0.25, 0.3) is 0 Å². The maximum atomic E-state index is 12.9. The fourth-order valence-electron chi connectivity index (χ4n) is 2.10. The van der Waals surface area contributed by atoms with E-state index in [1.54, 1.807) is 4.57 Å². The third kappa shape index (κ3) is 2.18. The Morgan fingerprint density at radius 1 is 1.24 bits per heavy atom. The van der Waals surface area contributed by atoms with Gasteiger partial charge in [0, 0.05) is 25.0 Å². The molecule has 0 fully saturated rings. The normalized spacial score (nSPS) is 17.1. The number of rotatable bonds is 0. The minimum Gasteiger partial charge on any atom is -0.329 e. The van der Waals surface area contributed by atoms with Gasteiger partial charge >= 0.3 is 6.18 Å². The molecule has 0 aliphatic carbocycles. The van der Waals surface area contributed by atoms with Crippen LogP contribution in [-0.4, -0.2) is 16.1 Å². The van der Waals surface area contributed by atoms with Crippen LogP contribution in [-0.2, 0) is 24.7 Å². The van der Waals surface area contributed by atoms with Crippen LogP contribution in [0, 0.1) is 0 Å². The zero-order valence-electron chi connectivity index (χ0n) is 10.1. The van der Waals surface area contributed by atoms with Crippen molar-refractivity contribution in [3.05, 3.63) is 17.2 Å². The first-order valence-electron chi connectivity index (χ1n) is 5.59. The predicted molar refractivity (Wildman–Crippen MR) is 57.6 cm³/mol. The lowest BCUT2D eigenvalue weighted by Crippen LogP contribution is -2.32. The van der Waals surface area contributed by atoms with Gasteiger partial charge in [-0.3, -0.25) is 0 Å². The summed E-state index contributed by atoms with van der Waals surface area (Å²) in [5, 5.41) is 2.96. The van der Waals surface area contributed by atoms with Gasteiger partial charge in [0.2, 0.25) is 0 Å². The fraction of sp³-hybridized carbons (Fsp3) is 0.727. The summed E-state index contributed by atoms with van der Waals surface area (Å²) < 4.78 is 40.3. The van der Waals surface area contributed by atoms with Gasteiger partial charge in [0.05, 0.1) is 5.69 Å². The first-order chi connectivity index (χ1) is 7.71. The monoisotopic (exact) mass is 247 g/mol. The molecule has 0 saturated heterocycles. The average Bonchev–Trinajstić information content (AvgIpc) is 2.55. The highest BCUT2D eigenvalue weighted by atomic mass is 19.4. The van der Waals surface area contributed by atoms with E-state index in [4.69, 9.17) is 0 Å². The Morgan fingerprint density at radius 3 is 2.41 bits per heavy atom. The summed E-state index contributed by atoms with van der Waals surface area (Å²) >= 11 is 0. The molecular weight excluding hydrogens is 231 g/mol. The molecule has 17 heavy (non-hydrogen) atoms. The van der Waals surface area contributed by atoms with Gasteiger partial charge in [-0.15, -0.1) is 0 Å². The van der Waals surface area contributed by atoms with Crippen molar-refractivity contribution in [2.45, 2.75) is 45.5 Å². The van der Waals surface area contributed by atoms with E-state index in [9.17, 15) is 13.2 Å². The molecule has 1 aromatic rings. The molecule has 0 radical (unpaired) electrons. The number of imidazole rings is 1. The van der Waals surface area contributed by atoms with E-state index >= 15 is 0 Å². The number of nitrogens with zero attached hydrogens (tertiary/aromatic N) is 2. The fourth-order valence-corrected chi connectivity index (χ4v) is 2.10. The molecule has 2 rings (SSSR count). The van der Waals surface area contributed by atoms with E-state index < -0.39 is 11.9 Å². The molecule has 96 valence electrons. The standard InChI is InChI=1S/C11H16F3N3/c1-10(2,3)9-16-8(11(12,13)14)7-6-15-4-5-17(7)9/h15H,4-6H2,1-3H3. The Hall–Kier alpha value is -1.04. The number of fused-ring (bicyclic) bond motifs is 1. The van der Waals surface area contributed by atoms with Gasteiger partial charge in [0.15, 0.2) is 5.69 Å². The topological polar surface area (TPSA) is 29.9 Å². The minimum absolute atomic E-state index is 0.234. The van der Waals surface area contributed by atoms with Gasteiger partial charge in [-0.25, -0.2) is 4.98 Å². The largest absolute Gasteiger partial charge is 0.435 e. The Bertz CT molecular complexity index is 388. The summed E-state index contributed by atoms with van der Waals surface area (Å²) in [5.41, 5.74) is -0.862. The maximum Gasteiger partial charge on any atom is 0.435 e. The van der Waals surface area contributed by atoms with Crippen molar-refractivity contribution in [3.8, 4) is 0 Å². The predicted octanol–water partition coefficient (Wildman–Crippen LogP) is 2.30. The van der Waals surface area contributed by atoms with Gasteiger partial charge < -0.3 is 9.88 Å². The zero-order chi connectivity index (χ0) is 12.8. The van der Waals surface area contributed by atoms with Crippen LogP contribution in [0.5, 0.6) is 0 Å². The van der Waals surface area contributed by atoms with Gasteiger partial charge in [-0.05, 0) is 0 Å². The Kier molecular flexibility index (Phi) is 2.72. The molecular formula is C11H16F3N3. The second-order valence-electron chi connectivity index (χ2n) is 5.31. The highest BCUT2D eigenvalue weighted by molar-refractivity contribution is 5.24. The van der Waals surface area contributed by atoms with Crippen LogP contribution in [0.2, 0.25) is 0 Å². The molecule has 0 amide bonds. The number of halogens is 3. The Balaban J connectivity index is 2.60. The van der Waals surface area contributed by atoms with Crippen LogP contribution in [0.15, 0.2) is 0 Å². The van der Waals surface area contributed by atoms with Gasteiger partial charge in [0.1, 0.15) is 5.82 Å². The molecule has 0 saturated carbocycles. The molecule has 1 N–H and O–H groups in total. The summed E-state index contributed by atoms with van der Waals surface area (Å²) in [6.45, 7) is 7.10. The molecule has 0 bridgehead atoms. The molecule has 2 heterocycles. The van der Waals surface area contributed by atoms with Crippen molar-refractivity contribution in [1.29, 1.82) is 0 Å². The first-order valence-corrected chi connectivity index (χ1v) is 5.59. The van der Waals surface area contributed by atoms with Crippen LogP contribution >= 0.6 is 0 Å².